The number of nitrogens with one attached hydrogen (secondary N) is 3. The lowest BCUT2D eigenvalue weighted by atomic mass is 10.0. The van der Waals surface area contributed by atoms with Crippen molar-refractivity contribution < 1.29 is 8.78 Å². The molecule has 3 N–H and O–H groups in total. The van der Waals surface area contributed by atoms with Gasteiger partial charge in [-0.15, -0.1) is 0 Å². The Balaban J connectivity index is 1.41. The van der Waals surface area contributed by atoms with E-state index in [0.29, 0.717) is 63.7 Å². The molecule has 0 unspecified atom stereocenters. The van der Waals surface area contributed by atoms with E-state index >= 15 is 4.39 Å². The number of aromatic nitrogens is 7. The molecule has 0 aliphatic carbocycles. The summed E-state index contributed by atoms with van der Waals surface area (Å²) < 4.78 is 30.8. The van der Waals surface area contributed by atoms with Crippen LogP contribution >= 0.6 is 0 Å². The molecule has 0 spiro atoms. The van der Waals surface area contributed by atoms with Gasteiger partial charge in [-0.2, -0.15) is 5.10 Å². The van der Waals surface area contributed by atoms with Crippen LogP contribution < -0.4 is 5.32 Å². The van der Waals surface area contributed by atoms with E-state index in [-0.39, 0.29) is 16.9 Å². The maximum atomic E-state index is 16.1. The summed E-state index contributed by atoms with van der Waals surface area (Å²) in [6.45, 7) is 2.14. The molecule has 0 saturated carbocycles. The highest BCUT2D eigenvalue weighted by molar-refractivity contribution is 5.96. The third kappa shape index (κ3) is 5.41. The average molecular weight is 569 g/mol. The number of H-pyrrole nitrogens is 2. The van der Waals surface area contributed by atoms with Gasteiger partial charge in [0.25, 0.3) is 0 Å². The summed E-state index contributed by atoms with van der Waals surface area (Å²) in [4.78, 5) is 25.1. The minimum Gasteiger partial charge on any atom is -0.384 e. The number of hydrogen-bond acceptors (Lipinski definition) is 8. The Morgan fingerprint density at radius 3 is 2.55 bits per heavy atom. The van der Waals surface area contributed by atoms with Gasteiger partial charge in [0.1, 0.15) is 17.3 Å². The lowest BCUT2D eigenvalue weighted by Crippen LogP contribution is -2.20. The highest BCUT2D eigenvalue weighted by Crippen LogP contribution is 2.35. The van der Waals surface area contributed by atoms with Crippen LogP contribution in [0, 0.1) is 11.6 Å². The first-order chi connectivity index (χ1) is 20.3. The number of fused-ring (bicyclic) bond motifs is 2. The van der Waals surface area contributed by atoms with Crippen LogP contribution in [0.2, 0.25) is 0 Å². The van der Waals surface area contributed by atoms with Gasteiger partial charge in [-0.3, -0.25) is 10.1 Å². The highest BCUT2D eigenvalue weighted by Gasteiger charge is 2.21. The van der Waals surface area contributed by atoms with Crippen molar-refractivity contribution in [3.8, 4) is 33.8 Å². The van der Waals surface area contributed by atoms with E-state index in [9.17, 15) is 4.39 Å². The minimum atomic E-state index is -0.486. The lowest BCUT2D eigenvalue weighted by molar-refractivity contribution is 0.402. The first-order valence-corrected chi connectivity index (χ1v) is 13.4. The van der Waals surface area contributed by atoms with E-state index in [1.54, 1.807) is 24.7 Å². The Bertz CT molecular complexity index is 1890. The average Bonchev–Trinajstić information content (AvgIpc) is 3.57. The number of likely N-dealkylation sites (N-methyl/N-ethyl adjacent to an activating group) is 1. The number of aromatic amines is 2. The van der Waals surface area contributed by atoms with Crippen LogP contribution in [-0.2, 0) is 6.54 Å². The predicted molar refractivity (Wildman–Crippen MR) is 160 cm³/mol. The Kier molecular flexibility index (Phi) is 7.31. The zero-order valence-corrected chi connectivity index (χ0v) is 23.7. The second kappa shape index (κ2) is 11.2. The first kappa shape index (κ1) is 27.4. The van der Waals surface area contributed by atoms with E-state index in [4.69, 9.17) is 0 Å². The fourth-order valence-corrected chi connectivity index (χ4v) is 4.95. The van der Waals surface area contributed by atoms with Crippen molar-refractivity contribution >= 4 is 27.9 Å². The molecule has 0 atom stereocenters. The molecule has 12 heteroatoms. The molecular formula is C30H30F2N10. The molecule has 1 aromatic carbocycles. The van der Waals surface area contributed by atoms with E-state index in [0.717, 1.165) is 12.1 Å². The van der Waals surface area contributed by atoms with Gasteiger partial charge in [-0.1, -0.05) is 0 Å². The van der Waals surface area contributed by atoms with Crippen LogP contribution in [0.25, 0.3) is 56.0 Å². The Morgan fingerprint density at radius 2 is 1.74 bits per heavy atom. The molecule has 0 saturated heterocycles. The number of anilines is 1. The summed E-state index contributed by atoms with van der Waals surface area (Å²) in [6, 6.07) is 8.51. The van der Waals surface area contributed by atoms with Crippen LogP contribution in [0.1, 0.15) is 5.56 Å². The van der Waals surface area contributed by atoms with Gasteiger partial charge in [0.05, 0.1) is 10.9 Å². The minimum absolute atomic E-state index is 0.198. The zero-order valence-electron chi connectivity index (χ0n) is 23.7. The topological polar surface area (TPSA) is 115 Å². The lowest BCUT2D eigenvalue weighted by Gasteiger charge is -2.13. The molecule has 0 bridgehead atoms. The number of imidazole rings is 1. The summed E-state index contributed by atoms with van der Waals surface area (Å²) in [7, 11) is 7.88. The molecule has 214 valence electrons. The fraction of sp³-hybridized carbons (Fsp3) is 0.233. The largest absolute Gasteiger partial charge is 0.384 e. The molecule has 0 aliphatic rings. The monoisotopic (exact) mass is 568 g/mol. The fourth-order valence-electron chi connectivity index (χ4n) is 4.95. The summed E-state index contributed by atoms with van der Waals surface area (Å²) in [6.07, 6.45) is 6.46. The standard InChI is InChI=1S/C30H30F2N10/c1-41(2)8-7-34-21-11-18(10-20(31)12-21)22-5-6-35-29-26(22)37-30(38-29)27-24-25(32)23(15-36-28(24)40-39-27)19-9-17(13-33-14-19)16-42(3)4/h5-6,9-15,34H,7-8,16H2,1-4H3,(H,35,37,38)(H,36,39,40). The predicted octanol–water partition coefficient (Wildman–Crippen LogP) is 4.94. The summed E-state index contributed by atoms with van der Waals surface area (Å²) in [5, 5.41) is 10.6. The number of pyridine rings is 3. The third-order valence-electron chi connectivity index (χ3n) is 6.85. The molecule has 0 radical (unpaired) electrons. The van der Waals surface area contributed by atoms with Gasteiger partial charge in [0, 0.05) is 66.8 Å². The van der Waals surface area contributed by atoms with E-state index in [2.05, 4.69) is 40.4 Å². The quantitative estimate of drug-likeness (QED) is 0.225. The van der Waals surface area contributed by atoms with Gasteiger partial charge < -0.3 is 20.1 Å². The van der Waals surface area contributed by atoms with E-state index < -0.39 is 5.82 Å². The molecular weight excluding hydrogens is 538 g/mol. The smallest absolute Gasteiger partial charge is 0.184 e. The van der Waals surface area contributed by atoms with Crippen molar-refractivity contribution in [1.29, 1.82) is 0 Å². The number of rotatable bonds is 9. The molecule has 0 fully saturated rings. The van der Waals surface area contributed by atoms with Crippen LogP contribution in [0.5, 0.6) is 0 Å². The van der Waals surface area contributed by atoms with Gasteiger partial charge >= 0.3 is 0 Å². The summed E-state index contributed by atoms with van der Waals surface area (Å²) in [5.41, 5.74) is 5.45. The second-order valence-electron chi connectivity index (χ2n) is 10.7. The van der Waals surface area contributed by atoms with Crippen LogP contribution in [0.4, 0.5) is 14.5 Å². The summed E-state index contributed by atoms with van der Waals surface area (Å²) >= 11 is 0. The maximum Gasteiger partial charge on any atom is 0.184 e. The number of hydrogen-bond donors (Lipinski definition) is 3. The van der Waals surface area contributed by atoms with Crippen molar-refractivity contribution in [2.24, 2.45) is 0 Å². The maximum absolute atomic E-state index is 16.1. The Labute approximate surface area is 240 Å². The normalized spacial score (nSPS) is 11.8. The van der Waals surface area contributed by atoms with E-state index in [1.165, 1.54) is 18.3 Å². The summed E-state index contributed by atoms with van der Waals surface area (Å²) in [5.74, 6) is -0.515. The van der Waals surface area contributed by atoms with Crippen molar-refractivity contribution in [3.05, 3.63) is 72.3 Å². The van der Waals surface area contributed by atoms with Crippen LogP contribution in [0.3, 0.4) is 0 Å². The second-order valence-corrected chi connectivity index (χ2v) is 10.7. The first-order valence-electron chi connectivity index (χ1n) is 13.4. The number of halogens is 2. The van der Waals surface area contributed by atoms with Crippen molar-refractivity contribution in [2.75, 3.05) is 46.6 Å². The Hall–Kier alpha value is -4.81. The van der Waals surface area contributed by atoms with Crippen molar-refractivity contribution in [3.63, 3.8) is 0 Å². The molecule has 6 rings (SSSR count). The van der Waals surface area contributed by atoms with Crippen LogP contribution in [-0.4, -0.2) is 86.2 Å². The van der Waals surface area contributed by atoms with Gasteiger partial charge in [0.15, 0.2) is 17.1 Å². The van der Waals surface area contributed by atoms with Gasteiger partial charge in [0.2, 0.25) is 0 Å². The molecule has 5 aromatic heterocycles. The molecule has 5 heterocycles. The van der Waals surface area contributed by atoms with Crippen LogP contribution in [0.15, 0.2) is 55.1 Å². The van der Waals surface area contributed by atoms with E-state index in [1.807, 2.05) is 50.1 Å². The SMILES string of the molecule is CN(C)CCNc1cc(F)cc(-c2ccnc3nc(-c4[nH]nc5ncc(-c6cncc(CN(C)C)c6)c(F)c45)[nH]c23)c1. The molecule has 0 amide bonds. The highest BCUT2D eigenvalue weighted by atomic mass is 19.1. The number of benzene rings is 1. The third-order valence-corrected chi connectivity index (χ3v) is 6.85. The molecule has 42 heavy (non-hydrogen) atoms. The van der Waals surface area contributed by atoms with Gasteiger partial charge in [-0.25, -0.2) is 23.7 Å². The zero-order chi connectivity index (χ0) is 29.4. The van der Waals surface area contributed by atoms with Gasteiger partial charge in [-0.05, 0) is 69.6 Å². The molecule has 0 aliphatic heterocycles. The van der Waals surface area contributed by atoms with Crippen molar-refractivity contribution in [1.82, 2.24) is 44.9 Å². The Morgan fingerprint density at radius 1 is 0.881 bits per heavy atom. The molecule has 6 aromatic rings. The molecule has 10 nitrogen and oxygen atoms in total. The number of nitrogens with zero attached hydrogens (tertiary/aromatic N) is 7. The van der Waals surface area contributed by atoms with Crippen molar-refractivity contribution in [2.45, 2.75) is 6.54 Å².